The summed E-state index contributed by atoms with van der Waals surface area (Å²) in [6, 6.07) is 5.35. The number of hydrogen-bond acceptors (Lipinski definition) is 7. The predicted molar refractivity (Wildman–Crippen MR) is 94.6 cm³/mol. The van der Waals surface area contributed by atoms with Gasteiger partial charge in [-0.3, -0.25) is 10.3 Å². The summed E-state index contributed by atoms with van der Waals surface area (Å²) >= 11 is 1.29. The molecule has 0 bridgehead atoms. The van der Waals surface area contributed by atoms with Crippen molar-refractivity contribution in [2.75, 3.05) is 32.1 Å². The highest BCUT2D eigenvalue weighted by Crippen LogP contribution is 2.26. The SMILES string of the molecule is COC[C@H]1CN(C(=O)Nc2nnc(-c3ccccn3)s2)CC(C)(C)O1. The number of nitrogens with one attached hydrogen (secondary N) is 1. The average Bonchev–Trinajstić information content (AvgIpc) is 3.03. The van der Waals surface area contributed by atoms with Gasteiger partial charge in [0, 0.05) is 13.3 Å². The minimum atomic E-state index is -0.432. The molecule has 3 rings (SSSR count). The van der Waals surface area contributed by atoms with E-state index in [0.29, 0.717) is 29.8 Å². The zero-order valence-electron chi connectivity index (χ0n) is 14.4. The monoisotopic (exact) mass is 363 g/mol. The summed E-state index contributed by atoms with van der Waals surface area (Å²) in [5.41, 5.74) is 0.298. The standard InChI is InChI=1S/C16H21N5O3S/c1-16(2)10-21(8-11(24-16)9-23-3)15(22)18-14-20-19-13(25-14)12-6-4-5-7-17-12/h4-7,11H,8-10H2,1-3H3,(H,18,20,22)/t11-/m1/s1. The Morgan fingerprint density at radius 3 is 3.04 bits per heavy atom. The van der Waals surface area contributed by atoms with Crippen molar-refractivity contribution in [2.45, 2.75) is 25.6 Å². The molecule has 0 radical (unpaired) electrons. The Labute approximate surface area is 150 Å². The summed E-state index contributed by atoms with van der Waals surface area (Å²) in [6.45, 7) is 5.31. The zero-order chi connectivity index (χ0) is 17.9. The first-order chi connectivity index (χ1) is 12.0. The molecule has 1 aliphatic rings. The van der Waals surface area contributed by atoms with Gasteiger partial charge in [0.25, 0.3) is 0 Å². The van der Waals surface area contributed by atoms with E-state index in [1.54, 1.807) is 18.2 Å². The average molecular weight is 363 g/mol. The molecule has 2 aromatic heterocycles. The number of amides is 2. The fourth-order valence-corrected chi connectivity index (χ4v) is 3.47. The van der Waals surface area contributed by atoms with Crippen LogP contribution in [0, 0.1) is 0 Å². The number of ether oxygens (including phenoxy) is 2. The van der Waals surface area contributed by atoms with Crippen LogP contribution in [-0.4, -0.2) is 64.6 Å². The van der Waals surface area contributed by atoms with Crippen molar-refractivity contribution in [2.24, 2.45) is 0 Å². The summed E-state index contributed by atoms with van der Waals surface area (Å²) in [7, 11) is 1.62. The topological polar surface area (TPSA) is 89.5 Å². The maximum atomic E-state index is 12.6. The van der Waals surface area contributed by atoms with E-state index in [1.165, 1.54) is 11.3 Å². The lowest BCUT2D eigenvalue weighted by atomic mass is 10.1. The number of urea groups is 1. The fourth-order valence-electron chi connectivity index (χ4n) is 2.76. The van der Waals surface area contributed by atoms with Crippen molar-refractivity contribution in [1.29, 1.82) is 0 Å². The lowest BCUT2D eigenvalue weighted by molar-refractivity contribution is -0.141. The number of anilines is 1. The largest absolute Gasteiger partial charge is 0.382 e. The molecule has 1 aliphatic heterocycles. The van der Waals surface area contributed by atoms with Gasteiger partial charge in [0.05, 0.1) is 31.4 Å². The molecule has 3 heterocycles. The second-order valence-corrected chi connectivity index (χ2v) is 7.37. The first-order valence-corrected chi connectivity index (χ1v) is 8.76. The highest BCUT2D eigenvalue weighted by atomic mass is 32.1. The van der Waals surface area contributed by atoms with Gasteiger partial charge in [-0.1, -0.05) is 17.4 Å². The van der Waals surface area contributed by atoms with Crippen LogP contribution in [0.15, 0.2) is 24.4 Å². The van der Waals surface area contributed by atoms with E-state index in [9.17, 15) is 4.79 Å². The van der Waals surface area contributed by atoms with Crippen LogP contribution in [-0.2, 0) is 9.47 Å². The molecule has 25 heavy (non-hydrogen) atoms. The van der Waals surface area contributed by atoms with Gasteiger partial charge in [-0.15, -0.1) is 10.2 Å². The van der Waals surface area contributed by atoms with Crippen LogP contribution < -0.4 is 5.32 Å². The molecule has 2 aromatic rings. The van der Waals surface area contributed by atoms with E-state index in [4.69, 9.17) is 9.47 Å². The molecule has 0 aromatic carbocycles. The Morgan fingerprint density at radius 2 is 2.32 bits per heavy atom. The molecule has 1 N–H and O–H groups in total. The fraction of sp³-hybridized carbons (Fsp3) is 0.500. The lowest BCUT2D eigenvalue weighted by Gasteiger charge is -2.42. The summed E-state index contributed by atoms with van der Waals surface area (Å²) < 4.78 is 11.1. The third kappa shape index (κ3) is 4.50. The molecule has 1 atom stereocenters. The maximum absolute atomic E-state index is 12.6. The number of hydrogen-bond donors (Lipinski definition) is 1. The maximum Gasteiger partial charge on any atom is 0.323 e. The van der Waals surface area contributed by atoms with Crippen LogP contribution in [0.1, 0.15) is 13.8 Å². The molecule has 0 saturated carbocycles. The number of rotatable bonds is 4. The molecule has 1 fully saturated rings. The Kier molecular flexibility index (Phi) is 5.26. The highest BCUT2D eigenvalue weighted by Gasteiger charge is 2.35. The van der Waals surface area contributed by atoms with Crippen LogP contribution in [0.5, 0.6) is 0 Å². The number of carbonyl (C=O) groups excluding carboxylic acids is 1. The summed E-state index contributed by atoms with van der Waals surface area (Å²) in [5, 5.41) is 12.0. The number of carbonyl (C=O) groups is 1. The van der Waals surface area contributed by atoms with Gasteiger partial charge in [-0.25, -0.2) is 4.79 Å². The van der Waals surface area contributed by atoms with E-state index >= 15 is 0 Å². The molecule has 0 unspecified atom stereocenters. The molecule has 2 amide bonds. The van der Waals surface area contributed by atoms with E-state index in [1.807, 2.05) is 32.0 Å². The van der Waals surface area contributed by atoms with Crippen LogP contribution in [0.25, 0.3) is 10.7 Å². The van der Waals surface area contributed by atoms with E-state index in [2.05, 4.69) is 20.5 Å². The first-order valence-electron chi connectivity index (χ1n) is 7.94. The van der Waals surface area contributed by atoms with Gasteiger partial charge in [0.1, 0.15) is 5.69 Å². The molecule has 134 valence electrons. The number of methoxy groups -OCH3 is 1. The van der Waals surface area contributed by atoms with Crippen LogP contribution >= 0.6 is 11.3 Å². The smallest absolute Gasteiger partial charge is 0.323 e. The lowest BCUT2D eigenvalue weighted by Crippen LogP contribution is -2.56. The van der Waals surface area contributed by atoms with Crippen LogP contribution in [0.3, 0.4) is 0 Å². The Bertz CT molecular complexity index is 722. The van der Waals surface area contributed by atoms with Crippen molar-refractivity contribution in [3.63, 3.8) is 0 Å². The third-order valence-corrected chi connectivity index (χ3v) is 4.51. The number of nitrogens with zero attached hydrogens (tertiary/aromatic N) is 4. The van der Waals surface area contributed by atoms with Crippen molar-refractivity contribution >= 4 is 22.5 Å². The van der Waals surface area contributed by atoms with Gasteiger partial charge in [-0.05, 0) is 26.0 Å². The molecule has 9 heteroatoms. The van der Waals surface area contributed by atoms with E-state index < -0.39 is 5.60 Å². The van der Waals surface area contributed by atoms with Crippen LogP contribution in [0.2, 0.25) is 0 Å². The van der Waals surface area contributed by atoms with Crippen molar-refractivity contribution in [3.8, 4) is 10.7 Å². The molecule has 0 aliphatic carbocycles. The minimum absolute atomic E-state index is 0.155. The van der Waals surface area contributed by atoms with Crippen molar-refractivity contribution < 1.29 is 14.3 Å². The Hall–Kier alpha value is -2.10. The summed E-state index contributed by atoms with van der Waals surface area (Å²) in [5.74, 6) is 0. The number of morpholine rings is 1. The normalized spacial score (nSPS) is 19.6. The van der Waals surface area contributed by atoms with Gasteiger partial charge in [-0.2, -0.15) is 0 Å². The second kappa shape index (κ2) is 7.42. The van der Waals surface area contributed by atoms with Gasteiger partial charge in [0.15, 0.2) is 5.01 Å². The third-order valence-electron chi connectivity index (χ3n) is 3.64. The van der Waals surface area contributed by atoms with Crippen LogP contribution in [0.4, 0.5) is 9.93 Å². The minimum Gasteiger partial charge on any atom is -0.382 e. The molecule has 8 nitrogen and oxygen atoms in total. The van der Waals surface area contributed by atoms with Crippen molar-refractivity contribution in [1.82, 2.24) is 20.1 Å². The summed E-state index contributed by atoms with van der Waals surface area (Å²) in [4.78, 5) is 18.5. The molecule has 1 saturated heterocycles. The van der Waals surface area contributed by atoms with Gasteiger partial charge >= 0.3 is 6.03 Å². The Balaban J connectivity index is 1.66. The molecular weight excluding hydrogens is 342 g/mol. The molecular formula is C16H21N5O3S. The van der Waals surface area contributed by atoms with E-state index in [-0.39, 0.29) is 12.1 Å². The van der Waals surface area contributed by atoms with Crippen molar-refractivity contribution in [3.05, 3.63) is 24.4 Å². The highest BCUT2D eigenvalue weighted by molar-refractivity contribution is 7.18. The number of pyridine rings is 1. The number of aromatic nitrogens is 3. The summed E-state index contributed by atoms with van der Waals surface area (Å²) in [6.07, 6.45) is 1.54. The predicted octanol–water partition coefficient (Wildman–Crippen LogP) is 2.26. The Morgan fingerprint density at radius 1 is 1.48 bits per heavy atom. The van der Waals surface area contributed by atoms with Gasteiger partial charge in [0.2, 0.25) is 5.13 Å². The van der Waals surface area contributed by atoms with E-state index in [0.717, 1.165) is 5.69 Å². The second-order valence-electron chi connectivity index (χ2n) is 6.39. The molecule has 0 spiro atoms. The quantitative estimate of drug-likeness (QED) is 0.896. The van der Waals surface area contributed by atoms with Gasteiger partial charge < -0.3 is 14.4 Å². The first kappa shape index (κ1) is 17.7. The zero-order valence-corrected chi connectivity index (χ0v) is 15.2.